The highest BCUT2D eigenvalue weighted by atomic mass is 35.5. The van der Waals surface area contributed by atoms with Gasteiger partial charge < -0.3 is 0 Å². The van der Waals surface area contributed by atoms with Crippen LogP contribution in [-0.4, -0.2) is 9.78 Å². The van der Waals surface area contributed by atoms with Crippen LogP contribution < -0.4 is 0 Å². The van der Waals surface area contributed by atoms with Gasteiger partial charge in [0, 0.05) is 24.7 Å². The lowest BCUT2D eigenvalue weighted by atomic mass is 10.1. The molecule has 0 spiro atoms. The molecule has 2 aromatic rings. The fourth-order valence-electron chi connectivity index (χ4n) is 1.40. The largest absolute Gasteiger partial charge is 0.275 e. The lowest BCUT2D eigenvalue weighted by Crippen LogP contribution is -1.84. The van der Waals surface area contributed by atoms with Crippen molar-refractivity contribution in [3.8, 4) is 11.1 Å². The summed E-state index contributed by atoms with van der Waals surface area (Å²) in [6.07, 6.45) is 3.85. The van der Waals surface area contributed by atoms with Gasteiger partial charge in [-0.1, -0.05) is 18.2 Å². The molecule has 0 amide bonds. The van der Waals surface area contributed by atoms with Gasteiger partial charge in [-0.25, -0.2) is 0 Å². The number of hydrogen-bond donors (Lipinski definition) is 0. The summed E-state index contributed by atoms with van der Waals surface area (Å²) in [6, 6.07) is 8.18. The Kier molecular flexibility index (Phi) is 2.55. The normalized spacial score (nSPS) is 10.4. The summed E-state index contributed by atoms with van der Waals surface area (Å²) >= 11 is 5.77. The Labute approximate surface area is 88.1 Å². The molecule has 0 fully saturated rings. The molecule has 0 aliphatic carbocycles. The van der Waals surface area contributed by atoms with Gasteiger partial charge in [-0.2, -0.15) is 5.10 Å². The minimum atomic E-state index is 0.550. The highest BCUT2D eigenvalue weighted by Gasteiger charge is 2.00. The minimum Gasteiger partial charge on any atom is -0.275 e. The SMILES string of the molecule is Cn1cc(-c2cccc(CCl)c2)cn1. The Morgan fingerprint density at radius 3 is 2.86 bits per heavy atom. The Balaban J connectivity index is 2.41. The number of nitrogens with zero attached hydrogens (tertiary/aromatic N) is 2. The van der Waals surface area contributed by atoms with Gasteiger partial charge in [0.05, 0.1) is 6.20 Å². The molecule has 1 heterocycles. The van der Waals surface area contributed by atoms with Crippen LogP contribution >= 0.6 is 11.6 Å². The zero-order chi connectivity index (χ0) is 9.97. The van der Waals surface area contributed by atoms with Crippen LogP contribution in [-0.2, 0) is 12.9 Å². The van der Waals surface area contributed by atoms with E-state index in [9.17, 15) is 0 Å². The Hall–Kier alpha value is -1.28. The molecule has 0 saturated heterocycles. The van der Waals surface area contributed by atoms with Crippen LogP contribution in [0.25, 0.3) is 11.1 Å². The first kappa shape index (κ1) is 9.28. The molecule has 3 heteroatoms. The van der Waals surface area contributed by atoms with Gasteiger partial charge in [0.2, 0.25) is 0 Å². The number of alkyl halides is 1. The monoisotopic (exact) mass is 206 g/mol. The molecular formula is C11H11ClN2. The van der Waals surface area contributed by atoms with E-state index in [1.165, 1.54) is 0 Å². The predicted octanol–water partition coefficient (Wildman–Crippen LogP) is 2.83. The second kappa shape index (κ2) is 3.84. The van der Waals surface area contributed by atoms with E-state index in [-0.39, 0.29) is 0 Å². The molecule has 14 heavy (non-hydrogen) atoms. The zero-order valence-electron chi connectivity index (χ0n) is 7.94. The number of halogens is 1. The van der Waals surface area contributed by atoms with Gasteiger partial charge in [-0.15, -0.1) is 11.6 Å². The number of benzene rings is 1. The zero-order valence-corrected chi connectivity index (χ0v) is 8.70. The van der Waals surface area contributed by atoms with E-state index in [1.807, 2.05) is 31.6 Å². The molecule has 0 unspecified atom stereocenters. The fourth-order valence-corrected chi connectivity index (χ4v) is 1.57. The number of hydrogen-bond acceptors (Lipinski definition) is 1. The number of aryl methyl sites for hydroxylation is 1. The van der Waals surface area contributed by atoms with Gasteiger partial charge in [0.25, 0.3) is 0 Å². The van der Waals surface area contributed by atoms with Gasteiger partial charge in [-0.05, 0) is 17.2 Å². The average Bonchev–Trinajstić information content (AvgIpc) is 2.65. The first-order valence-electron chi connectivity index (χ1n) is 4.43. The molecule has 0 radical (unpaired) electrons. The van der Waals surface area contributed by atoms with Crippen molar-refractivity contribution in [2.75, 3.05) is 0 Å². The minimum absolute atomic E-state index is 0.550. The van der Waals surface area contributed by atoms with Crippen LogP contribution in [0.2, 0.25) is 0 Å². The lowest BCUT2D eigenvalue weighted by molar-refractivity contribution is 0.768. The van der Waals surface area contributed by atoms with Gasteiger partial charge >= 0.3 is 0 Å². The molecule has 1 aromatic carbocycles. The highest BCUT2D eigenvalue weighted by Crippen LogP contribution is 2.20. The highest BCUT2D eigenvalue weighted by molar-refractivity contribution is 6.17. The summed E-state index contributed by atoms with van der Waals surface area (Å²) in [5, 5.41) is 4.13. The maximum absolute atomic E-state index is 5.77. The third-order valence-corrected chi connectivity index (χ3v) is 2.43. The second-order valence-electron chi connectivity index (χ2n) is 3.24. The van der Waals surface area contributed by atoms with E-state index in [2.05, 4.69) is 17.2 Å². The summed E-state index contributed by atoms with van der Waals surface area (Å²) in [5.41, 5.74) is 3.42. The van der Waals surface area contributed by atoms with E-state index in [4.69, 9.17) is 11.6 Å². The Morgan fingerprint density at radius 1 is 1.36 bits per heavy atom. The fraction of sp³-hybridized carbons (Fsp3) is 0.182. The summed E-state index contributed by atoms with van der Waals surface area (Å²) in [5.74, 6) is 0.550. The third-order valence-electron chi connectivity index (χ3n) is 2.12. The molecule has 0 saturated carbocycles. The van der Waals surface area contributed by atoms with Crippen LogP contribution in [0.5, 0.6) is 0 Å². The summed E-state index contributed by atoms with van der Waals surface area (Å²) in [6.45, 7) is 0. The maximum atomic E-state index is 5.77. The molecule has 72 valence electrons. The second-order valence-corrected chi connectivity index (χ2v) is 3.50. The van der Waals surface area contributed by atoms with Gasteiger partial charge in [0.15, 0.2) is 0 Å². The van der Waals surface area contributed by atoms with E-state index >= 15 is 0 Å². The van der Waals surface area contributed by atoms with Crippen molar-refractivity contribution < 1.29 is 0 Å². The van der Waals surface area contributed by atoms with E-state index < -0.39 is 0 Å². The topological polar surface area (TPSA) is 17.8 Å². The smallest absolute Gasteiger partial charge is 0.0568 e. The molecule has 0 N–H and O–H groups in total. The molecule has 2 rings (SSSR count). The maximum Gasteiger partial charge on any atom is 0.0568 e. The van der Waals surface area contributed by atoms with Crippen molar-refractivity contribution in [3.05, 3.63) is 42.2 Å². The van der Waals surface area contributed by atoms with E-state index in [0.717, 1.165) is 16.7 Å². The molecule has 0 aliphatic rings. The quantitative estimate of drug-likeness (QED) is 0.691. The van der Waals surface area contributed by atoms with Crippen LogP contribution in [0, 0.1) is 0 Å². The van der Waals surface area contributed by atoms with Crippen molar-refractivity contribution >= 4 is 11.6 Å². The van der Waals surface area contributed by atoms with Crippen molar-refractivity contribution in [3.63, 3.8) is 0 Å². The summed E-state index contributed by atoms with van der Waals surface area (Å²) in [4.78, 5) is 0. The van der Waals surface area contributed by atoms with Crippen LogP contribution in [0.1, 0.15) is 5.56 Å². The van der Waals surface area contributed by atoms with Crippen molar-refractivity contribution in [2.24, 2.45) is 7.05 Å². The van der Waals surface area contributed by atoms with Crippen LogP contribution in [0.3, 0.4) is 0 Å². The number of aromatic nitrogens is 2. The van der Waals surface area contributed by atoms with Gasteiger partial charge in [-0.3, -0.25) is 4.68 Å². The molecular weight excluding hydrogens is 196 g/mol. The van der Waals surface area contributed by atoms with Crippen molar-refractivity contribution in [1.29, 1.82) is 0 Å². The number of rotatable bonds is 2. The summed E-state index contributed by atoms with van der Waals surface area (Å²) < 4.78 is 1.79. The van der Waals surface area contributed by atoms with Crippen molar-refractivity contribution in [2.45, 2.75) is 5.88 Å². The summed E-state index contributed by atoms with van der Waals surface area (Å²) in [7, 11) is 1.91. The first-order chi connectivity index (χ1) is 6.79. The Morgan fingerprint density at radius 2 is 2.21 bits per heavy atom. The van der Waals surface area contributed by atoms with Crippen molar-refractivity contribution in [1.82, 2.24) is 9.78 Å². The van der Waals surface area contributed by atoms with Crippen LogP contribution in [0.15, 0.2) is 36.7 Å². The average molecular weight is 207 g/mol. The lowest BCUT2D eigenvalue weighted by Gasteiger charge is -1.99. The standard InChI is InChI=1S/C11H11ClN2/c1-14-8-11(7-13-14)10-4-2-3-9(5-10)6-12/h2-5,7-8H,6H2,1H3. The van der Waals surface area contributed by atoms with Gasteiger partial charge in [0.1, 0.15) is 0 Å². The van der Waals surface area contributed by atoms with E-state index in [1.54, 1.807) is 4.68 Å². The molecule has 1 aromatic heterocycles. The van der Waals surface area contributed by atoms with E-state index in [0.29, 0.717) is 5.88 Å². The molecule has 2 nitrogen and oxygen atoms in total. The first-order valence-corrected chi connectivity index (χ1v) is 4.97. The predicted molar refractivity (Wildman–Crippen MR) is 58.2 cm³/mol. The third kappa shape index (κ3) is 1.80. The molecule has 0 bridgehead atoms. The molecule has 0 aliphatic heterocycles. The molecule has 0 atom stereocenters. The van der Waals surface area contributed by atoms with Crippen LogP contribution in [0.4, 0.5) is 0 Å². The Bertz CT molecular complexity index is 434.